The van der Waals surface area contributed by atoms with Crippen LogP contribution in [0.2, 0.25) is 0 Å². The molecule has 0 saturated carbocycles. The molecule has 8 heteroatoms. The Balaban J connectivity index is 2.03. The zero-order valence-electron chi connectivity index (χ0n) is 15.0. The van der Waals surface area contributed by atoms with E-state index in [0.717, 1.165) is 5.69 Å². The van der Waals surface area contributed by atoms with Gasteiger partial charge >= 0.3 is 0 Å². The van der Waals surface area contributed by atoms with Gasteiger partial charge < -0.3 is 14.6 Å². The van der Waals surface area contributed by atoms with E-state index in [-0.39, 0.29) is 11.7 Å². The van der Waals surface area contributed by atoms with Crippen LogP contribution in [0.4, 0.5) is 5.82 Å². The number of carbonyl (C=O) groups is 2. The van der Waals surface area contributed by atoms with Crippen molar-refractivity contribution < 1.29 is 14.0 Å². The lowest BCUT2D eigenvalue weighted by molar-refractivity contribution is 0.0774. The van der Waals surface area contributed by atoms with Crippen molar-refractivity contribution >= 4 is 33.6 Å². The van der Waals surface area contributed by atoms with Gasteiger partial charge in [0.1, 0.15) is 11.4 Å². The summed E-state index contributed by atoms with van der Waals surface area (Å²) in [5, 5.41) is 7.10. The maximum Gasteiger partial charge on any atom is 0.292 e. The number of para-hydroxylation sites is 1. The molecule has 0 saturated heterocycles. The monoisotopic (exact) mass is 430 g/mol. The van der Waals surface area contributed by atoms with E-state index in [1.54, 1.807) is 17.0 Å². The average Bonchev–Trinajstić information content (AvgIpc) is 3.30. The topological polar surface area (TPSA) is 80.4 Å². The first-order chi connectivity index (χ1) is 13.0. The summed E-state index contributed by atoms with van der Waals surface area (Å²) in [7, 11) is 0. The fraction of sp³-hybridized carbons (Fsp3) is 0.211. The summed E-state index contributed by atoms with van der Waals surface area (Å²) in [6, 6.07) is 12.5. The molecule has 0 aliphatic heterocycles. The van der Waals surface area contributed by atoms with Crippen molar-refractivity contribution in [2.45, 2.75) is 13.8 Å². The third-order valence-corrected chi connectivity index (χ3v) is 4.51. The molecule has 0 aliphatic rings. The molecule has 1 aromatic carbocycles. The van der Waals surface area contributed by atoms with E-state index in [2.05, 4.69) is 26.3 Å². The van der Waals surface area contributed by atoms with Crippen molar-refractivity contribution in [3.05, 3.63) is 64.7 Å². The van der Waals surface area contributed by atoms with E-state index in [4.69, 9.17) is 4.42 Å². The number of hydrogen-bond acceptors (Lipinski definition) is 4. The smallest absolute Gasteiger partial charge is 0.292 e. The largest absolute Gasteiger partial charge is 0.444 e. The van der Waals surface area contributed by atoms with Gasteiger partial charge in [-0.25, -0.2) is 4.68 Å². The van der Waals surface area contributed by atoms with E-state index in [0.29, 0.717) is 29.1 Å². The second-order valence-electron chi connectivity index (χ2n) is 5.69. The Labute approximate surface area is 165 Å². The van der Waals surface area contributed by atoms with Gasteiger partial charge in [0, 0.05) is 13.1 Å². The Morgan fingerprint density at radius 2 is 1.85 bits per heavy atom. The van der Waals surface area contributed by atoms with Crippen molar-refractivity contribution in [3.8, 4) is 5.69 Å². The number of halogens is 1. The Morgan fingerprint density at radius 1 is 1.15 bits per heavy atom. The molecule has 0 spiro atoms. The van der Waals surface area contributed by atoms with Crippen molar-refractivity contribution in [1.29, 1.82) is 0 Å². The Kier molecular flexibility index (Phi) is 5.75. The first kappa shape index (κ1) is 18.9. The highest BCUT2D eigenvalue weighted by Crippen LogP contribution is 2.23. The Morgan fingerprint density at radius 3 is 2.44 bits per heavy atom. The van der Waals surface area contributed by atoms with Crippen LogP contribution in [0.1, 0.15) is 34.8 Å². The Bertz CT molecular complexity index is 945. The standard InChI is InChI=1S/C19H19BrN4O3/c1-3-23(4-2)19(26)14-12-21-24(13-8-6-5-7-9-13)17(14)22-18(25)15-10-11-16(20)27-15/h5-12H,3-4H2,1-2H3,(H,22,25). The van der Waals surface area contributed by atoms with Crippen molar-refractivity contribution in [1.82, 2.24) is 14.7 Å². The van der Waals surface area contributed by atoms with Crippen LogP contribution in [0.15, 0.2) is 57.7 Å². The molecule has 1 N–H and O–H groups in total. The average molecular weight is 431 g/mol. The summed E-state index contributed by atoms with van der Waals surface area (Å²) in [5.74, 6) is -0.232. The second-order valence-corrected chi connectivity index (χ2v) is 6.47. The number of nitrogens with one attached hydrogen (secondary N) is 1. The number of rotatable bonds is 6. The maximum atomic E-state index is 12.9. The lowest BCUT2D eigenvalue weighted by Crippen LogP contribution is -2.31. The third kappa shape index (κ3) is 3.95. The van der Waals surface area contributed by atoms with Crippen molar-refractivity contribution in [2.75, 3.05) is 18.4 Å². The van der Waals surface area contributed by atoms with Gasteiger partial charge in [-0.3, -0.25) is 9.59 Å². The maximum absolute atomic E-state index is 12.9. The lowest BCUT2D eigenvalue weighted by atomic mass is 10.2. The van der Waals surface area contributed by atoms with Gasteiger partial charge in [-0.05, 0) is 54.0 Å². The third-order valence-electron chi connectivity index (χ3n) is 4.08. The molecule has 2 heterocycles. The van der Waals surface area contributed by atoms with Crippen molar-refractivity contribution in [3.63, 3.8) is 0 Å². The van der Waals surface area contributed by atoms with E-state index >= 15 is 0 Å². The lowest BCUT2D eigenvalue weighted by Gasteiger charge is -2.19. The highest BCUT2D eigenvalue weighted by Gasteiger charge is 2.24. The van der Waals surface area contributed by atoms with Crippen LogP contribution in [0.3, 0.4) is 0 Å². The minimum Gasteiger partial charge on any atom is -0.444 e. The number of carbonyl (C=O) groups excluding carboxylic acids is 2. The fourth-order valence-corrected chi connectivity index (χ4v) is 2.98. The molecule has 0 bridgehead atoms. The van der Waals surface area contributed by atoms with Crippen LogP contribution in [0.5, 0.6) is 0 Å². The van der Waals surface area contributed by atoms with E-state index < -0.39 is 5.91 Å². The van der Waals surface area contributed by atoms with Crippen LogP contribution in [-0.4, -0.2) is 39.6 Å². The fourth-order valence-electron chi connectivity index (χ4n) is 2.68. The summed E-state index contributed by atoms with van der Waals surface area (Å²) < 4.78 is 7.29. The summed E-state index contributed by atoms with van der Waals surface area (Å²) in [6.07, 6.45) is 1.47. The first-order valence-electron chi connectivity index (χ1n) is 8.54. The van der Waals surface area contributed by atoms with Crippen LogP contribution < -0.4 is 5.32 Å². The number of benzene rings is 1. The van der Waals surface area contributed by atoms with E-state index in [9.17, 15) is 9.59 Å². The van der Waals surface area contributed by atoms with Crippen LogP contribution >= 0.6 is 15.9 Å². The molecule has 140 valence electrons. The molecule has 0 unspecified atom stereocenters. The second kappa shape index (κ2) is 8.22. The zero-order chi connectivity index (χ0) is 19.4. The summed E-state index contributed by atoms with van der Waals surface area (Å²) in [4.78, 5) is 27.2. The normalized spacial score (nSPS) is 10.6. The first-order valence-corrected chi connectivity index (χ1v) is 9.33. The zero-order valence-corrected chi connectivity index (χ0v) is 16.6. The van der Waals surface area contributed by atoms with E-state index in [1.165, 1.54) is 10.9 Å². The minimum absolute atomic E-state index is 0.129. The van der Waals surface area contributed by atoms with Gasteiger partial charge in [-0.15, -0.1) is 0 Å². The van der Waals surface area contributed by atoms with Gasteiger partial charge in [0.2, 0.25) is 0 Å². The number of furan rings is 1. The minimum atomic E-state index is -0.466. The molecule has 2 aromatic heterocycles. The molecule has 0 radical (unpaired) electrons. The predicted molar refractivity (Wildman–Crippen MR) is 105 cm³/mol. The van der Waals surface area contributed by atoms with Gasteiger partial charge in [0.05, 0.1) is 11.9 Å². The molecule has 27 heavy (non-hydrogen) atoms. The van der Waals surface area contributed by atoms with Crippen LogP contribution in [0, 0.1) is 0 Å². The van der Waals surface area contributed by atoms with Gasteiger partial charge in [-0.2, -0.15) is 5.10 Å². The molecule has 0 atom stereocenters. The number of hydrogen-bond donors (Lipinski definition) is 1. The SMILES string of the molecule is CCN(CC)C(=O)c1cnn(-c2ccccc2)c1NC(=O)c1ccc(Br)o1. The molecule has 0 aliphatic carbocycles. The van der Waals surface area contributed by atoms with Gasteiger partial charge in [0.25, 0.3) is 11.8 Å². The molecule has 3 rings (SSSR count). The predicted octanol–water partition coefficient (Wildman–Crippen LogP) is 3.96. The number of nitrogens with zero attached hydrogens (tertiary/aromatic N) is 3. The number of aromatic nitrogens is 2. The summed E-state index contributed by atoms with van der Waals surface area (Å²) in [5.41, 5.74) is 1.05. The molecule has 2 amide bonds. The highest BCUT2D eigenvalue weighted by molar-refractivity contribution is 9.10. The highest BCUT2D eigenvalue weighted by atomic mass is 79.9. The summed E-state index contributed by atoms with van der Waals surface area (Å²) >= 11 is 3.18. The molecular weight excluding hydrogens is 412 g/mol. The van der Waals surface area contributed by atoms with Crippen LogP contribution in [-0.2, 0) is 0 Å². The van der Waals surface area contributed by atoms with Crippen LogP contribution in [0.25, 0.3) is 5.69 Å². The number of amides is 2. The quantitative estimate of drug-likeness (QED) is 0.641. The van der Waals surface area contributed by atoms with Crippen molar-refractivity contribution in [2.24, 2.45) is 0 Å². The number of anilines is 1. The van der Waals surface area contributed by atoms with E-state index in [1.807, 2.05) is 44.2 Å². The van der Waals surface area contributed by atoms with Gasteiger partial charge in [0.15, 0.2) is 10.4 Å². The molecule has 7 nitrogen and oxygen atoms in total. The summed E-state index contributed by atoms with van der Waals surface area (Å²) in [6.45, 7) is 4.93. The van der Waals surface area contributed by atoms with Gasteiger partial charge in [-0.1, -0.05) is 18.2 Å². The Hall–Kier alpha value is -2.87. The molecule has 3 aromatic rings. The molecular formula is C19H19BrN4O3. The molecule has 0 fully saturated rings.